The maximum absolute atomic E-state index is 12.0. The maximum Gasteiger partial charge on any atom is 0.308 e. The lowest BCUT2D eigenvalue weighted by Crippen LogP contribution is -2.44. The molecular formula is C15H26N2O3S. The standard InChI is InChI=1S/C15H26N2O3S/c1-5-7-15(20,8-6-2)10-16-13(18)9-17-11(3)12(4)21-14(17)19/h20H,5-10H2,1-4H3,(H,16,18). The minimum Gasteiger partial charge on any atom is -0.388 e. The van der Waals surface area contributed by atoms with Crippen LogP contribution < -0.4 is 10.2 Å². The summed E-state index contributed by atoms with van der Waals surface area (Å²) in [6.45, 7) is 7.99. The van der Waals surface area contributed by atoms with E-state index >= 15 is 0 Å². The molecule has 0 saturated carbocycles. The molecule has 1 amide bonds. The van der Waals surface area contributed by atoms with Crippen molar-refractivity contribution < 1.29 is 9.90 Å². The van der Waals surface area contributed by atoms with Crippen LogP contribution in [0.5, 0.6) is 0 Å². The lowest BCUT2D eigenvalue weighted by atomic mass is 9.92. The predicted molar refractivity (Wildman–Crippen MR) is 85.8 cm³/mol. The molecule has 0 saturated heterocycles. The number of thiazole rings is 1. The zero-order valence-corrected chi connectivity index (χ0v) is 14.2. The topological polar surface area (TPSA) is 71.3 Å². The van der Waals surface area contributed by atoms with Crippen LogP contribution in [0.25, 0.3) is 0 Å². The fourth-order valence-corrected chi connectivity index (χ4v) is 3.30. The van der Waals surface area contributed by atoms with Crippen LogP contribution >= 0.6 is 11.3 Å². The van der Waals surface area contributed by atoms with Crippen molar-refractivity contribution in [2.45, 2.75) is 65.5 Å². The van der Waals surface area contributed by atoms with E-state index in [4.69, 9.17) is 0 Å². The molecule has 0 unspecified atom stereocenters. The maximum atomic E-state index is 12.0. The minimum atomic E-state index is -0.844. The first-order valence-electron chi connectivity index (χ1n) is 7.49. The Morgan fingerprint density at radius 1 is 1.29 bits per heavy atom. The van der Waals surface area contributed by atoms with Crippen molar-refractivity contribution in [2.75, 3.05) is 6.54 Å². The molecule has 2 N–H and O–H groups in total. The summed E-state index contributed by atoms with van der Waals surface area (Å²) in [5.74, 6) is -0.233. The van der Waals surface area contributed by atoms with Crippen molar-refractivity contribution in [3.05, 3.63) is 20.2 Å². The summed E-state index contributed by atoms with van der Waals surface area (Å²) in [5, 5.41) is 13.2. The molecule has 1 aromatic rings. The van der Waals surface area contributed by atoms with Gasteiger partial charge in [0, 0.05) is 17.1 Å². The number of amides is 1. The summed E-state index contributed by atoms with van der Waals surface area (Å²) in [5.41, 5.74) is -0.0125. The van der Waals surface area contributed by atoms with Crippen molar-refractivity contribution in [3.63, 3.8) is 0 Å². The zero-order valence-electron chi connectivity index (χ0n) is 13.4. The molecule has 1 aromatic heterocycles. The molecule has 0 bridgehead atoms. The van der Waals surface area contributed by atoms with Gasteiger partial charge in [0.1, 0.15) is 6.54 Å². The largest absolute Gasteiger partial charge is 0.388 e. The van der Waals surface area contributed by atoms with Gasteiger partial charge in [-0.25, -0.2) is 0 Å². The molecule has 1 rings (SSSR count). The third-order valence-electron chi connectivity index (χ3n) is 3.72. The van der Waals surface area contributed by atoms with E-state index in [0.29, 0.717) is 12.8 Å². The van der Waals surface area contributed by atoms with Crippen LogP contribution in [-0.4, -0.2) is 27.7 Å². The number of carbonyl (C=O) groups excluding carboxylic acids is 1. The van der Waals surface area contributed by atoms with E-state index in [-0.39, 0.29) is 23.9 Å². The molecule has 0 aliphatic heterocycles. The van der Waals surface area contributed by atoms with Gasteiger partial charge in [0.15, 0.2) is 0 Å². The van der Waals surface area contributed by atoms with Crippen molar-refractivity contribution >= 4 is 17.2 Å². The number of rotatable bonds is 8. The average molecular weight is 314 g/mol. The Morgan fingerprint density at radius 3 is 2.29 bits per heavy atom. The van der Waals surface area contributed by atoms with Crippen LogP contribution in [0, 0.1) is 13.8 Å². The number of aliphatic hydroxyl groups is 1. The summed E-state index contributed by atoms with van der Waals surface area (Å²) in [6.07, 6.45) is 3.07. The smallest absolute Gasteiger partial charge is 0.308 e. The number of carbonyl (C=O) groups is 1. The van der Waals surface area contributed by atoms with Crippen LogP contribution in [0.15, 0.2) is 4.79 Å². The molecule has 1 heterocycles. The van der Waals surface area contributed by atoms with E-state index in [1.807, 2.05) is 27.7 Å². The average Bonchev–Trinajstić information content (AvgIpc) is 2.64. The number of nitrogens with one attached hydrogen (secondary N) is 1. The Bertz CT molecular complexity index is 528. The molecule has 0 aliphatic rings. The molecule has 0 aromatic carbocycles. The third-order valence-corrected chi connectivity index (χ3v) is 4.72. The monoisotopic (exact) mass is 314 g/mol. The number of aryl methyl sites for hydroxylation is 1. The molecule has 0 aliphatic carbocycles. The highest BCUT2D eigenvalue weighted by atomic mass is 32.1. The first-order chi connectivity index (χ1) is 9.83. The van der Waals surface area contributed by atoms with Crippen LogP contribution in [0.2, 0.25) is 0 Å². The normalized spacial score (nSPS) is 11.7. The van der Waals surface area contributed by atoms with Gasteiger partial charge in [0.25, 0.3) is 0 Å². The zero-order chi connectivity index (χ0) is 16.0. The fourth-order valence-electron chi connectivity index (χ4n) is 2.47. The Labute approximate surface area is 130 Å². The number of hydrogen-bond donors (Lipinski definition) is 2. The van der Waals surface area contributed by atoms with E-state index < -0.39 is 5.60 Å². The molecule has 0 spiro atoms. The quantitative estimate of drug-likeness (QED) is 0.770. The summed E-state index contributed by atoms with van der Waals surface area (Å²) in [6, 6.07) is 0. The van der Waals surface area contributed by atoms with Gasteiger partial charge >= 0.3 is 4.87 Å². The van der Waals surface area contributed by atoms with E-state index in [1.165, 1.54) is 4.57 Å². The first-order valence-corrected chi connectivity index (χ1v) is 8.30. The van der Waals surface area contributed by atoms with Gasteiger partial charge in [-0.1, -0.05) is 38.0 Å². The highest BCUT2D eigenvalue weighted by Crippen LogP contribution is 2.18. The van der Waals surface area contributed by atoms with Crippen LogP contribution in [-0.2, 0) is 11.3 Å². The van der Waals surface area contributed by atoms with Crippen molar-refractivity contribution in [1.29, 1.82) is 0 Å². The SMILES string of the molecule is CCCC(O)(CCC)CNC(=O)Cn1c(C)c(C)sc1=O. The highest BCUT2D eigenvalue weighted by molar-refractivity contribution is 7.09. The van der Waals surface area contributed by atoms with Gasteiger partial charge in [-0.3, -0.25) is 14.2 Å². The number of aromatic nitrogens is 1. The summed E-state index contributed by atoms with van der Waals surface area (Å²) >= 11 is 1.16. The summed E-state index contributed by atoms with van der Waals surface area (Å²) < 4.78 is 1.48. The lowest BCUT2D eigenvalue weighted by Gasteiger charge is -2.27. The molecule has 21 heavy (non-hydrogen) atoms. The molecular weight excluding hydrogens is 288 g/mol. The van der Waals surface area contributed by atoms with Gasteiger partial charge < -0.3 is 10.4 Å². The molecule has 0 radical (unpaired) electrons. The predicted octanol–water partition coefficient (Wildman–Crippen LogP) is 1.97. The van der Waals surface area contributed by atoms with E-state index in [9.17, 15) is 14.7 Å². The molecule has 6 heteroatoms. The molecule has 0 atom stereocenters. The number of nitrogens with zero attached hydrogens (tertiary/aromatic N) is 1. The van der Waals surface area contributed by atoms with Gasteiger partial charge in [0.2, 0.25) is 5.91 Å². The van der Waals surface area contributed by atoms with Crippen LogP contribution in [0.1, 0.15) is 50.1 Å². The van der Waals surface area contributed by atoms with Crippen molar-refractivity contribution in [2.24, 2.45) is 0 Å². The lowest BCUT2D eigenvalue weighted by molar-refractivity contribution is -0.123. The first kappa shape index (κ1) is 17.9. The van der Waals surface area contributed by atoms with E-state index in [0.717, 1.165) is 34.7 Å². The van der Waals surface area contributed by atoms with Gasteiger partial charge in [0.05, 0.1) is 5.60 Å². The van der Waals surface area contributed by atoms with E-state index in [2.05, 4.69) is 5.32 Å². The molecule has 5 nitrogen and oxygen atoms in total. The van der Waals surface area contributed by atoms with Gasteiger partial charge in [-0.2, -0.15) is 0 Å². The molecule has 0 fully saturated rings. The Morgan fingerprint density at radius 2 is 1.86 bits per heavy atom. The third kappa shape index (κ3) is 4.97. The Hall–Kier alpha value is -1.14. The second-order valence-corrected chi connectivity index (χ2v) is 6.76. The summed E-state index contributed by atoms with van der Waals surface area (Å²) in [4.78, 5) is 24.6. The summed E-state index contributed by atoms with van der Waals surface area (Å²) in [7, 11) is 0. The Balaban J connectivity index is 2.63. The Kier molecular flexibility index (Phi) is 6.61. The van der Waals surface area contributed by atoms with Crippen molar-refractivity contribution in [3.8, 4) is 0 Å². The van der Waals surface area contributed by atoms with E-state index in [1.54, 1.807) is 0 Å². The van der Waals surface area contributed by atoms with Gasteiger partial charge in [-0.05, 0) is 26.7 Å². The van der Waals surface area contributed by atoms with Gasteiger partial charge in [-0.15, -0.1) is 0 Å². The second kappa shape index (κ2) is 7.75. The van der Waals surface area contributed by atoms with Crippen LogP contribution in [0.4, 0.5) is 0 Å². The fraction of sp³-hybridized carbons (Fsp3) is 0.733. The van der Waals surface area contributed by atoms with Crippen LogP contribution in [0.3, 0.4) is 0 Å². The second-order valence-electron chi connectivity index (χ2n) is 5.60. The molecule has 120 valence electrons. The van der Waals surface area contributed by atoms with Crippen molar-refractivity contribution in [1.82, 2.24) is 9.88 Å². The minimum absolute atomic E-state index is 0.0172. The highest BCUT2D eigenvalue weighted by Gasteiger charge is 2.25. The number of hydrogen-bond acceptors (Lipinski definition) is 4.